The summed E-state index contributed by atoms with van der Waals surface area (Å²) in [6.45, 7) is 7.47. The summed E-state index contributed by atoms with van der Waals surface area (Å²) >= 11 is 9.28. The van der Waals surface area contributed by atoms with Gasteiger partial charge in [-0.15, -0.1) is 11.6 Å². The van der Waals surface area contributed by atoms with E-state index in [-0.39, 0.29) is 17.7 Å². The standard InChI is InChI=1S/C15H19BrClFN2O/c1-4-21-8-14(9(2)3)20-13-5-10(16)11(18)6-12(13)19-15(20)7-17/h5-6,9,14H,4,7-8H2,1-3H3. The van der Waals surface area contributed by atoms with Crippen LogP contribution in [0.15, 0.2) is 16.6 Å². The average Bonchev–Trinajstić information content (AvgIpc) is 2.77. The monoisotopic (exact) mass is 376 g/mol. The number of halogens is 3. The smallest absolute Gasteiger partial charge is 0.139 e. The Morgan fingerprint density at radius 1 is 1.43 bits per heavy atom. The molecular weight excluding hydrogens is 359 g/mol. The Bertz CT molecular complexity index is 630. The number of hydrogen-bond donors (Lipinski definition) is 0. The van der Waals surface area contributed by atoms with Gasteiger partial charge >= 0.3 is 0 Å². The minimum atomic E-state index is -0.320. The van der Waals surface area contributed by atoms with Crippen molar-refractivity contribution in [3.05, 3.63) is 28.2 Å². The Labute approximate surface area is 137 Å². The minimum Gasteiger partial charge on any atom is -0.380 e. The van der Waals surface area contributed by atoms with Crippen molar-refractivity contribution < 1.29 is 9.13 Å². The van der Waals surface area contributed by atoms with Crippen molar-refractivity contribution >= 4 is 38.6 Å². The molecule has 0 bridgehead atoms. The highest BCUT2D eigenvalue weighted by Gasteiger charge is 2.22. The fraction of sp³-hybridized carbons (Fsp3) is 0.533. The Morgan fingerprint density at radius 2 is 2.14 bits per heavy atom. The Balaban J connectivity index is 2.60. The topological polar surface area (TPSA) is 27.1 Å². The van der Waals surface area contributed by atoms with Gasteiger partial charge in [-0.3, -0.25) is 0 Å². The summed E-state index contributed by atoms with van der Waals surface area (Å²) < 4.78 is 21.8. The van der Waals surface area contributed by atoms with Crippen LogP contribution in [-0.2, 0) is 10.6 Å². The number of nitrogens with zero attached hydrogens (tertiary/aromatic N) is 2. The summed E-state index contributed by atoms with van der Waals surface area (Å²) in [5.74, 6) is 1.05. The number of rotatable bonds is 6. The highest BCUT2D eigenvalue weighted by atomic mass is 79.9. The molecule has 2 aromatic rings. The van der Waals surface area contributed by atoms with Gasteiger partial charge in [0.2, 0.25) is 0 Å². The van der Waals surface area contributed by atoms with E-state index in [1.807, 2.05) is 6.92 Å². The highest BCUT2D eigenvalue weighted by Crippen LogP contribution is 2.30. The molecule has 1 heterocycles. The van der Waals surface area contributed by atoms with Crippen molar-refractivity contribution in [2.45, 2.75) is 32.7 Å². The molecule has 1 unspecified atom stereocenters. The van der Waals surface area contributed by atoms with E-state index in [0.717, 1.165) is 11.3 Å². The number of benzene rings is 1. The summed E-state index contributed by atoms with van der Waals surface area (Å²) in [6.07, 6.45) is 0. The first-order valence-corrected chi connectivity index (χ1v) is 8.31. The maximum atomic E-state index is 13.7. The van der Waals surface area contributed by atoms with Crippen LogP contribution >= 0.6 is 27.5 Å². The summed E-state index contributed by atoms with van der Waals surface area (Å²) in [5, 5.41) is 0. The van der Waals surface area contributed by atoms with E-state index in [0.29, 0.717) is 29.1 Å². The molecule has 1 aromatic carbocycles. The van der Waals surface area contributed by atoms with Crippen molar-refractivity contribution in [2.75, 3.05) is 13.2 Å². The van der Waals surface area contributed by atoms with E-state index in [9.17, 15) is 4.39 Å². The summed E-state index contributed by atoms with van der Waals surface area (Å²) in [4.78, 5) is 4.46. The molecule has 1 atom stereocenters. The zero-order valence-corrected chi connectivity index (χ0v) is 14.7. The van der Waals surface area contributed by atoms with Gasteiger partial charge in [-0.2, -0.15) is 0 Å². The zero-order chi connectivity index (χ0) is 15.6. The van der Waals surface area contributed by atoms with Crippen molar-refractivity contribution in [1.29, 1.82) is 0 Å². The molecule has 0 radical (unpaired) electrons. The molecule has 0 N–H and O–H groups in total. The second-order valence-electron chi connectivity index (χ2n) is 5.26. The Kier molecular flexibility index (Phi) is 5.63. The number of aromatic nitrogens is 2. The van der Waals surface area contributed by atoms with Gasteiger partial charge in [0.15, 0.2) is 0 Å². The van der Waals surface area contributed by atoms with Gasteiger partial charge in [-0.1, -0.05) is 13.8 Å². The van der Waals surface area contributed by atoms with Gasteiger partial charge in [0.05, 0.1) is 34.0 Å². The number of ether oxygens (including phenoxy) is 1. The van der Waals surface area contributed by atoms with Crippen LogP contribution in [0.5, 0.6) is 0 Å². The van der Waals surface area contributed by atoms with Crippen LogP contribution in [-0.4, -0.2) is 22.8 Å². The lowest BCUT2D eigenvalue weighted by molar-refractivity contribution is 0.0970. The summed E-state index contributed by atoms with van der Waals surface area (Å²) in [7, 11) is 0. The lowest BCUT2D eigenvalue weighted by Gasteiger charge is -2.25. The molecule has 6 heteroatoms. The molecule has 0 fully saturated rings. The van der Waals surface area contributed by atoms with Crippen LogP contribution in [0.2, 0.25) is 0 Å². The summed E-state index contributed by atoms with van der Waals surface area (Å²) in [6, 6.07) is 3.31. The van der Waals surface area contributed by atoms with Crippen molar-refractivity contribution in [3.63, 3.8) is 0 Å². The molecule has 0 spiro atoms. The van der Waals surface area contributed by atoms with Crippen LogP contribution in [0, 0.1) is 11.7 Å². The fourth-order valence-electron chi connectivity index (χ4n) is 2.41. The van der Waals surface area contributed by atoms with Crippen LogP contribution in [0.4, 0.5) is 4.39 Å². The predicted molar refractivity (Wildman–Crippen MR) is 87.3 cm³/mol. The van der Waals surface area contributed by atoms with Gasteiger partial charge in [0, 0.05) is 12.7 Å². The van der Waals surface area contributed by atoms with Crippen molar-refractivity contribution in [1.82, 2.24) is 9.55 Å². The molecule has 0 aliphatic carbocycles. The minimum absolute atomic E-state index is 0.112. The van der Waals surface area contributed by atoms with E-state index in [4.69, 9.17) is 16.3 Å². The third-order valence-corrected chi connectivity index (χ3v) is 4.36. The molecule has 1 aromatic heterocycles. The molecule has 0 saturated heterocycles. The average molecular weight is 378 g/mol. The first-order chi connectivity index (χ1) is 9.99. The van der Waals surface area contributed by atoms with Gasteiger partial charge in [0.25, 0.3) is 0 Å². The normalized spacial score (nSPS) is 13.3. The number of fused-ring (bicyclic) bond motifs is 1. The molecule has 0 aliphatic heterocycles. The first-order valence-electron chi connectivity index (χ1n) is 6.99. The van der Waals surface area contributed by atoms with Gasteiger partial charge in [0.1, 0.15) is 11.6 Å². The Hall–Kier alpha value is -0.650. The van der Waals surface area contributed by atoms with Crippen LogP contribution < -0.4 is 0 Å². The van der Waals surface area contributed by atoms with E-state index in [2.05, 4.69) is 39.3 Å². The number of imidazole rings is 1. The zero-order valence-electron chi connectivity index (χ0n) is 12.4. The quantitative estimate of drug-likeness (QED) is 0.669. The molecule has 2 rings (SSSR count). The maximum absolute atomic E-state index is 13.7. The largest absolute Gasteiger partial charge is 0.380 e. The molecule has 116 valence electrons. The van der Waals surface area contributed by atoms with Crippen molar-refractivity contribution in [2.24, 2.45) is 5.92 Å². The van der Waals surface area contributed by atoms with Gasteiger partial charge in [-0.25, -0.2) is 9.37 Å². The number of hydrogen-bond acceptors (Lipinski definition) is 2. The van der Waals surface area contributed by atoms with E-state index < -0.39 is 0 Å². The Morgan fingerprint density at radius 3 is 2.71 bits per heavy atom. The SMILES string of the molecule is CCOCC(C(C)C)n1c(CCl)nc2cc(F)c(Br)cc21. The molecule has 0 aliphatic rings. The fourth-order valence-corrected chi connectivity index (χ4v) is 2.93. The molecule has 3 nitrogen and oxygen atoms in total. The molecule has 0 amide bonds. The van der Waals surface area contributed by atoms with Crippen LogP contribution in [0.3, 0.4) is 0 Å². The lowest BCUT2D eigenvalue weighted by atomic mass is 10.0. The second-order valence-corrected chi connectivity index (χ2v) is 6.38. The van der Waals surface area contributed by atoms with E-state index in [1.54, 1.807) is 6.07 Å². The van der Waals surface area contributed by atoms with Gasteiger partial charge < -0.3 is 9.30 Å². The van der Waals surface area contributed by atoms with Gasteiger partial charge in [-0.05, 0) is 34.8 Å². The van der Waals surface area contributed by atoms with E-state index >= 15 is 0 Å². The maximum Gasteiger partial charge on any atom is 0.139 e. The second kappa shape index (κ2) is 7.07. The van der Waals surface area contributed by atoms with Crippen LogP contribution in [0.25, 0.3) is 11.0 Å². The van der Waals surface area contributed by atoms with Crippen molar-refractivity contribution in [3.8, 4) is 0 Å². The lowest BCUT2D eigenvalue weighted by Crippen LogP contribution is -2.22. The highest BCUT2D eigenvalue weighted by molar-refractivity contribution is 9.10. The van der Waals surface area contributed by atoms with E-state index in [1.165, 1.54) is 6.07 Å². The molecular formula is C15H19BrClFN2O. The third kappa shape index (κ3) is 3.41. The molecule has 0 saturated carbocycles. The molecule has 21 heavy (non-hydrogen) atoms. The van der Waals surface area contributed by atoms with Crippen LogP contribution in [0.1, 0.15) is 32.6 Å². The summed E-state index contributed by atoms with van der Waals surface area (Å²) in [5.41, 5.74) is 1.49. The predicted octanol–water partition coefficient (Wildman–Crippen LogP) is 4.91. The first kappa shape index (κ1) is 16.7. The third-order valence-electron chi connectivity index (χ3n) is 3.52. The number of alkyl halides is 1.